The van der Waals surface area contributed by atoms with Crippen LogP contribution in [0.1, 0.15) is 51.0 Å². The van der Waals surface area contributed by atoms with Gasteiger partial charge in [0.05, 0.1) is 0 Å². The number of hydrogen-bond donors (Lipinski definition) is 2. The largest absolute Gasteiger partial charge is 0.317 e. The minimum absolute atomic E-state index is 0.0579. The maximum absolute atomic E-state index is 12.1. The molecule has 6 heteroatoms. The van der Waals surface area contributed by atoms with Gasteiger partial charge in [-0.15, -0.1) is 10.2 Å². The van der Waals surface area contributed by atoms with Crippen molar-refractivity contribution in [3.05, 3.63) is 5.01 Å². The topological polar surface area (TPSA) is 66.9 Å². The molecule has 0 saturated carbocycles. The SMILES string of the molecule is CC(C)c1nnc(NC(=O)CC(C)C2CCNCC2)s1. The lowest BCUT2D eigenvalue weighted by Crippen LogP contribution is -2.32. The highest BCUT2D eigenvalue weighted by Gasteiger charge is 2.22. The summed E-state index contributed by atoms with van der Waals surface area (Å²) in [5.41, 5.74) is 0. The fourth-order valence-electron chi connectivity index (χ4n) is 2.56. The number of nitrogens with one attached hydrogen (secondary N) is 2. The predicted octanol–water partition coefficient (Wildman–Crippen LogP) is 2.63. The van der Waals surface area contributed by atoms with E-state index in [0.29, 0.717) is 29.3 Å². The van der Waals surface area contributed by atoms with Crippen molar-refractivity contribution in [1.82, 2.24) is 15.5 Å². The van der Waals surface area contributed by atoms with Crippen molar-refractivity contribution in [2.75, 3.05) is 18.4 Å². The average Bonchev–Trinajstić information content (AvgIpc) is 2.88. The lowest BCUT2D eigenvalue weighted by molar-refractivity contribution is -0.117. The van der Waals surface area contributed by atoms with Crippen LogP contribution in [0.3, 0.4) is 0 Å². The third-order valence-electron chi connectivity index (χ3n) is 3.88. The molecule has 2 heterocycles. The molecule has 1 saturated heterocycles. The molecule has 1 aromatic heterocycles. The number of carbonyl (C=O) groups is 1. The summed E-state index contributed by atoms with van der Waals surface area (Å²) in [6.45, 7) is 8.47. The molecule has 1 aliphatic heterocycles. The highest BCUT2D eigenvalue weighted by molar-refractivity contribution is 7.15. The monoisotopic (exact) mass is 296 g/mol. The molecule has 20 heavy (non-hydrogen) atoms. The molecule has 0 radical (unpaired) electrons. The summed E-state index contributed by atoms with van der Waals surface area (Å²) in [6.07, 6.45) is 2.91. The Kier molecular flexibility index (Phi) is 5.48. The van der Waals surface area contributed by atoms with E-state index in [1.807, 2.05) is 0 Å². The number of rotatable bonds is 5. The molecule has 1 unspecified atom stereocenters. The van der Waals surface area contributed by atoms with Crippen LogP contribution in [-0.4, -0.2) is 29.2 Å². The van der Waals surface area contributed by atoms with Crippen molar-refractivity contribution in [1.29, 1.82) is 0 Å². The summed E-state index contributed by atoms with van der Waals surface area (Å²) in [5, 5.41) is 15.9. The van der Waals surface area contributed by atoms with Crippen molar-refractivity contribution in [2.24, 2.45) is 11.8 Å². The number of nitrogens with zero attached hydrogens (tertiary/aromatic N) is 2. The van der Waals surface area contributed by atoms with Gasteiger partial charge in [-0.1, -0.05) is 32.1 Å². The van der Waals surface area contributed by atoms with Crippen molar-refractivity contribution in [3.8, 4) is 0 Å². The first-order valence-electron chi connectivity index (χ1n) is 7.40. The molecule has 2 N–H and O–H groups in total. The Morgan fingerprint density at radius 1 is 1.35 bits per heavy atom. The molecular weight excluding hydrogens is 272 g/mol. The number of piperidine rings is 1. The van der Waals surface area contributed by atoms with E-state index in [1.165, 1.54) is 24.2 Å². The molecular formula is C14H24N4OS. The molecule has 1 aliphatic rings. The molecule has 112 valence electrons. The highest BCUT2D eigenvalue weighted by atomic mass is 32.1. The Morgan fingerprint density at radius 3 is 2.65 bits per heavy atom. The van der Waals surface area contributed by atoms with E-state index in [9.17, 15) is 4.79 Å². The molecule has 1 atom stereocenters. The molecule has 1 amide bonds. The summed E-state index contributed by atoms with van der Waals surface area (Å²) in [6, 6.07) is 0. The second-order valence-corrected chi connectivity index (χ2v) is 6.93. The maximum atomic E-state index is 12.1. The molecule has 1 fully saturated rings. The predicted molar refractivity (Wildman–Crippen MR) is 82.0 cm³/mol. The average molecular weight is 296 g/mol. The molecule has 0 bridgehead atoms. The Labute approximate surface area is 124 Å². The first-order valence-corrected chi connectivity index (χ1v) is 8.22. The van der Waals surface area contributed by atoms with Gasteiger partial charge in [0.15, 0.2) is 0 Å². The quantitative estimate of drug-likeness (QED) is 0.876. The zero-order valence-electron chi connectivity index (χ0n) is 12.5. The fourth-order valence-corrected chi connectivity index (χ4v) is 3.32. The minimum Gasteiger partial charge on any atom is -0.317 e. The van der Waals surface area contributed by atoms with Gasteiger partial charge in [-0.05, 0) is 37.8 Å². The van der Waals surface area contributed by atoms with Crippen LogP contribution in [0.25, 0.3) is 0 Å². The van der Waals surface area contributed by atoms with Crippen molar-refractivity contribution >= 4 is 22.4 Å². The van der Waals surface area contributed by atoms with Gasteiger partial charge in [0, 0.05) is 12.3 Å². The second kappa shape index (κ2) is 7.13. The van der Waals surface area contributed by atoms with Gasteiger partial charge in [0.1, 0.15) is 5.01 Å². The number of amides is 1. The van der Waals surface area contributed by atoms with Crippen LogP contribution < -0.4 is 10.6 Å². The van der Waals surface area contributed by atoms with Crippen LogP contribution in [0, 0.1) is 11.8 Å². The smallest absolute Gasteiger partial charge is 0.226 e. The first-order chi connectivity index (χ1) is 9.56. The third-order valence-corrected chi connectivity index (χ3v) is 5.02. The number of aromatic nitrogens is 2. The summed E-state index contributed by atoms with van der Waals surface area (Å²) in [5.74, 6) is 1.49. The Hall–Kier alpha value is -1.01. The van der Waals surface area contributed by atoms with Crippen LogP contribution in [-0.2, 0) is 4.79 Å². The van der Waals surface area contributed by atoms with Crippen LogP contribution in [0.15, 0.2) is 0 Å². The summed E-state index contributed by atoms with van der Waals surface area (Å²) >= 11 is 1.47. The van der Waals surface area contributed by atoms with E-state index in [4.69, 9.17) is 0 Å². The molecule has 0 aromatic carbocycles. The van der Waals surface area contributed by atoms with Crippen molar-refractivity contribution < 1.29 is 4.79 Å². The molecule has 5 nitrogen and oxygen atoms in total. The molecule has 1 aromatic rings. The molecule has 0 aliphatic carbocycles. The van der Waals surface area contributed by atoms with Crippen LogP contribution in [0.2, 0.25) is 0 Å². The van der Waals surface area contributed by atoms with Crippen molar-refractivity contribution in [3.63, 3.8) is 0 Å². The van der Waals surface area contributed by atoms with E-state index >= 15 is 0 Å². The van der Waals surface area contributed by atoms with E-state index in [-0.39, 0.29) is 5.91 Å². The highest BCUT2D eigenvalue weighted by Crippen LogP contribution is 2.26. The van der Waals surface area contributed by atoms with Gasteiger partial charge in [-0.3, -0.25) is 4.79 Å². The fraction of sp³-hybridized carbons (Fsp3) is 0.786. The number of hydrogen-bond acceptors (Lipinski definition) is 5. The van der Waals surface area contributed by atoms with Gasteiger partial charge >= 0.3 is 0 Å². The maximum Gasteiger partial charge on any atom is 0.226 e. The normalized spacial score (nSPS) is 18.2. The van der Waals surface area contributed by atoms with E-state index in [0.717, 1.165) is 18.1 Å². The van der Waals surface area contributed by atoms with Gasteiger partial charge in [-0.25, -0.2) is 0 Å². The summed E-state index contributed by atoms with van der Waals surface area (Å²) in [4.78, 5) is 12.1. The summed E-state index contributed by atoms with van der Waals surface area (Å²) in [7, 11) is 0. The standard InChI is InChI=1S/C14H24N4OS/c1-9(2)13-17-18-14(20-13)16-12(19)8-10(3)11-4-6-15-7-5-11/h9-11,15H,4-8H2,1-3H3,(H,16,18,19). The van der Waals surface area contributed by atoms with Crippen LogP contribution >= 0.6 is 11.3 Å². The van der Waals surface area contributed by atoms with Gasteiger partial charge in [0.25, 0.3) is 0 Å². The minimum atomic E-state index is 0.0579. The van der Waals surface area contributed by atoms with Crippen LogP contribution in [0.5, 0.6) is 0 Å². The van der Waals surface area contributed by atoms with Gasteiger partial charge < -0.3 is 10.6 Å². The zero-order chi connectivity index (χ0) is 14.5. The number of carbonyl (C=O) groups excluding carboxylic acids is 1. The van der Waals surface area contributed by atoms with E-state index in [2.05, 4.69) is 41.6 Å². The van der Waals surface area contributed by atoms with E-state index in [1.54, 1.807) is 0 Å². The number of anilines is 1. The molecule has 0 spiro atoms. The van der Waals surface area contributed by atoms with Gasteiger partial charge in [0.2, 0.25) is 11.0 Å². The second-order valence-electron chi connectivity index (χ2n) is 5.92. The lowest BCUT2D eigenvalue weighted by atomic mass is 9.84. The zero-order valence-corrected chi connectivity index (χ0v) is 13.3. The molecule has 2 rings (SSSR count). The van der Waals surface area contributed by atoms with Crippen LogP contribution in [0.4, 0.5) is 5.13 Å². The Bertz CT molecular complexity index is 440. The van der Waals surface area contributed by atoms with Gasteiger partial charge in [-0.2, -0.15) is 0 Å². The van der Waals surface area contributed by atoms with Crippen molar-refractivity contribution in [2.45, 2.75) is 46.0 Å². The lowest BCUT2D eigenvalue weighted by Gasteiger charge is -2.27. The van der Waals surface area contributed by atoms with E-state index < -0.39 is 0 Å². The third kappa shape index (κ3) is 4.24. The Balaban J connectivity index is 1.81. The first kappa shape index (κ1) is 15.4. The Morgan fingerprint density at radius 2 is 2.05 bits per heavy atom. The summed E-state index contributed by atoms with van der Waals surface area (Å²) < 4.78 is 0.